The van der Waals surface area contributed by atoms with Crippen molar-refractivity contribution in [1.82, 2.24) is 5.34 Å². The van der Waals surface area contributed by atoms with Crippen molar-refractivity contribution in [2.75, 3.05) is 0 Å². The fourth-order valence-electron chi connectivity index (χ4n) is 1.94. The maximum absolute atomic E-state index is 12.8. The van der Waals surface area contributed by atoms with Crippen LogP contribution in [-0.4, -0.2) is 17.3 Å². The van der Waals surface area contributed by atoms with Crippen molar-refractivity contribution in [2.24, 2.45) is 5.73 Å². The highest BCUT2D eigenvalue weighted by Crippen LogP contribution is 2.20. The van der Waals surface area contributed by atoms with Crippen molar-refractivity contribution in [3.63, 3.8) is 0 Å². The number of benzene rings is 2. The summed E-state index contributed by atoms with van der Waals surface area (Å²) in [5.74, 6) is -1.74. The summed E-state index contributed by atoms with van der Waals surface area (Å²) in [6.07, 6.45) is 0.0207. The lowest BCUT2D eigenvalue weighted by molar-refractivity contribution is -0.188. The van der Waals surface area contributed by atoms with Gasteiger partial charge in [-0.05, 0) is 40.6 Å². The lowest BCUT2D eigenvalue weighted by Crippen LogP contribution is -2.38. The van der Waals surface area contributed by atoms with Gasteiger partial charge in [-0.1, -0.05) is 45.4 Å². The van der Waals surface area contributed by atoms with E-state index >= 15 is 0 Å². The number of carbonyl (C=O) groups excluding carboxylic acids is 1. The molecule has 1 amide bonds. The van der Waals surface area contributed by atoms with Crippen LogP contribution in [0.1, 0.15) is 5.56 Å². The lowest BCUT2D eigenvalue weighted by Gasteiger charge is -2.11. The van der Waals surface area contributed by atoms with E-state index in [9.17, 15) is 18.1 Å². The topological polar surface area (TPSA) is 46.3 Å². The SMILES string of the molecule is N[C@@H](Cc1ccc(-c2ccc(F)cc2)cc1)C(=O)N(F)F. The van der Waals surface area contributed by atoms with E-state index in [1.165, 1.54) is 12.1 Å². The van der Waals surface area contributed by atoms with E-state index in [0.29, 0.717) is 5.56 Å². The molecule has 0 spiro atoms. The zero-order valence-corrected chi connectivity index (χ0v) is 11.0. The van der Waals surface area contributed by atoms with E-state index in [0.717, 1.165) is 11.1 Å². The summed E-state index contributed by atoms with van der Waals surface area (Å²) in [5.41, 5.74) is 7.77. The zero-order valence-electron chi connectivity index (χ0n) is 11.0. The van der Waals surface area contributed by atoms with Crippen LogP contribution in [0.3, 0.4) is 0 Å². The number of amides is 1. The molecule has 0 aromatic heterocycles. The van der Waals surface area contributed by atoms with E-state index in [4.69, 9.17) is 5.73 Å². The predicted molar refractivity (Wildman–Crippen MR) is 72.6 cm³/mol. The molecule has 3 nitrogen and oxygen atoms in total. The monoisotopic (exact) mass is 294 g/mol. The first-order valence-electron chi connectivity index (χ1n) is 6.23. The van der Waals surface area contributed by atoms with Crippen LogP contribution in [0.25, 0.3) is 11.1 Å². The maximum atomic E-state index is 12.8. The number of nitrogens with zero attached hydrogens (tertiary/aromatic N) is 1. The predicted octanol–water partition coefficient (Wildman–Crippen LogP) is 2.96. The molecule has 0 heterocycles. The van der Waals surface area contributed by atoms with E-state index < -0.39 is 17.3 Å². The third-order valence-electron chi connectivity index (χ3n) is 3.07. The molecular formula is C15H13F3N2O. The quantitative estimate of drug-likeness (QED) is 0.881. The van der Waals surface area contributed by atoms with Gasteiger partial charge in [0, 0.05) is 0 Å². The van der Waals surface area contributed by atoms with Crippen molar-refractivity contribution < 1.29 is 18.1 Å². The average molecular weight is 294 g/mol. The molecule has 2 N–H and O–H groups in total. The van der Waals surface area contributed by atoms with Crippen LogP contribution in [0.2, 0.25) is 0 Å². The zero-order chi connectivity index (χ0) is 15.4. The third kappa shape index (κ3) is 3.82. The normalized spacial score (nSPS) is 12.0. The van der Waals surface area contributed by atoms with Gasteiger partial charge in [-0.2, -0.15) is 0 Å². The number of halogens is 3. The molecule has 6 heteroatoms. The molecule has 0 radical (unpaired) electrons. The minimum Gasteiger partial charge on any atom is -0.319 e. The molecule has 21 heavy (non-hydrogen) atoms. The van der Waals surface area contributed by atoms with Gasteiger partial charge in [-0.25, -0.2) is 4.39 Å². The Labute approximate surface area is 119 Å². The van der Waals surface area contributed by atoms with E-state index in [-0.39, 0.29) is 12.2 Å². The van der Waals surface area contributed by atoms with Gasteiger partial charge in [-0.15, -0.1) is 0 Å². The van der Waals surface area contributed by atoms with Crippen molar-refractivity contribution in [3.8, 4) is 11.1 Å². The highest BCUT2D eigenvalue weighted by atomic mass is 19.4. The number of hydrogen-bond donors (Lipinski definition) is 1. The Balaban J connectivity index is 2.09. The summed E-state index contributed by atoms with van der Waals surface area (Å²) in [5, 5.41) is -1.50. The number of carbonyl (C=O) groups is 1. The largest absolute Gasteiger partial charge is 0.319 e. The van der Waals surface area contributed by atoms with E-state index in [1.54, 1.807) is 36.4 Å². The fourth-order valence-corrected chi connectivity index (χ4v) is 1.94. The summed E-state index contributed by atoms with van der Waals surface area (Å²) in [7, 11) is 0. The Kier molecular flexibility index (Phi) is 4.59. The van der Waals surface area contributed by atoms with Gasteiger partial charge in [-0.3, -0.25) is 4.79 Å². The number of nitrogens with two attached hydrogens (primary N) is 1. The van der Waals surface area contributed by atoms with Gasteiger partial charge in [0.1, 0.15) is 5.82 Å². The molecule has 0 unspecified atom stereocenters. The van der Waals surface area contributed by atoms with Crippen LogP contribution in [0.5, 0.6) is 0 Å². The van der Waals surface area contributed by atoms with Crippen LogP contribution in [0.4, 0.5) is 13.4 Å². The van der Waals surface area contributed by atoms with Crippen molar-refractivity contribution in [2.45, 2.75) is 12.5 Å². The Bertz CT molecular complexity index is 612. The molecule has 0 aliphatic carbocycles. The second kappa shape index (κ2) is 6.41. The van der Waals surface area contributed by atoms with Crippen LogP contribution in [0, 0.1) is 5.82 Å². The number of rotatable bonds is 4. The van der Waals surface area contributed by atoms with Gasteiger partial charge in [0.25, 0.3) is 0 Å². The van der Waals surface area contributed by atoms with E-state index in [1.807, 2.05) is 0 Å². The van der Waals surface area contributed by atoms with Crippen LogP contribution in [0.15, 0.2) is 48.5 Å². The summed E-state index contributed by atoms with van der Waals surface area (Å²) in [6, 6.07) is 11.7. The first kappa shape index (κ1) is 15.1. The molecule has 0 bridgehead atoms. The minimum atomic E-state index is -1.50. The Morgan fingerprint density at radius 1 is 1.00 bits per heavy atom. The summed E-state index contributed by atoms with van der Waals surface area (Å²) in [4.78, 5) is 11.0. The molecule has 1 atom stereocenters. The van der Waals surface area contributed by atoms with Gasteiger partial charge >= 0.3 is 5.91 Å². The Morgan fingerprint density at radius 3 is 1.95 bits per heavy atom. The second-order valence-electron chi connectivity index (χ2n) is 4.59. The summed E-state index contributed by atoms with van der Waals surface area (Å²) in [6.45, 7) is 0. The van der Waals surface area contributed by atoms with Crippen LogP contribution < -0.4 is 5.73 Å². The Morgan fingerprint density at radius 2 is 1.48 bits per heavy atom. The highest BCUT2D eigenvalue weighted by molar-refractivity contribution is 5.80. The summed E-state index contributed by atoms with van der Waals surface area (Å²) < 4.78 is 37.0. The Hall–Kier alpha value is -2.34. The average Bonchev–Trinajstić information content (AvgIpc) is 2.48. The standard InChI is InChI=1S/C15H13F3N2O/c16-13-7-5-12(6-8-13)11-3-1-10(2-4-11)9-14(19)15(21)20(17)18/h1-8,14H,9,19H2/t14-/m0/s1. The van der Waals surface area contributed by atoms with Crippen molar-refractivity contribution >= 4 is 5.91 Å². The van der Waals surface area contributed by atoms with Gasteiger partial charge < -0.3 is 5.73 Å². The minimum absolute atomic E-state index is 0.0207. The fraction of sp³-hybridized carbons (Fsp3) is 0.133. The second-order valence-corrected chi connectivity index (χ2v) is 4.59. The molecule has 0 fully saturated rings. The van der Waals surface area contributed by atoms with Crippen LogP contribution >= 0.6 is 0 Å². The maximum Gasteiger partial charge on any atom is 0.300 e. The molecule has 2 rings (SSSR count). The summed E-state index contributed by atoms with van der Waals surface area (Å²) >= 11 is 0. The van der Waals surface area contributed by atoms with Crippen molar-refractivity contribution in [3.05, 3.63) is 59.9 Å². The molecule has 0 saturated carbocycles. The van der Waals surface area contributed by atoms with Crippen LogP contribution in [-0.2, 0) is 11.2 Å². The molecule has 0 aliphatic heterocycles. The van der Waals surface area contributed by atoms with Gasteiger partial charge in [0.2, 0.25) is 0 Å². The third-order valence-corrected chi connectivity index (χ3v) is 3.07. The smallest absolute Gasteiger partial charge is 0.300 e. The molecule has 0 aliphatic rings. The molecule has 0 saturated heterocycles. The van der Waals surface area contributed by atoms with Gasteiger partial charge in [0.05, 0.1) is 6.04 Å². The first-order chi connectivity index (χ1) is 9.97. The first-order valence-corrected chi connectivity index (χ1v) is 6.23. The van der Waals surface area contributed by atoms with E-state index in [2.05, 4.69) is 0 Å². The number of hydrogen-bond acceptors (Lipinski definition) is 2. The lowest BCUT2D eigenvalue weighted by atomic mass is 10.0. The molecule has 2 aromatic rings. The molecule has 110 valence electrons. The van der Waals surface area contributed by atoms with Crippen molar-refractivity contribution in [1.29, 1.82) is 0 Å². The molecule has 2 aromatic carbocycles. The van der Waals surface area contributed by atoms with Gasteiger partial charge in [0.15, 0.2) is 0 Å². The molecular weight excluding hydrogens is 281 g/mol. The highest BCUT2D eigenvalue weighted by Gasteiger charge is 2.21.